The van der Waals surface area contributed by atoms with E-state index < -0.39 is 0 Å². The van der Waals surface area contributed by atoms with Gasteiger partial charge in [-0.05, 0) is 49.0 Å². The molecule has 1 aliphatic rings. The molecule has 76 valence electrons. The number of rotatable bonds is 1. The number of hydrogen-bond donors (Lipinski definition) is 2. The van der Waals surface area contributed by atoms with Crippen molar-refractivity contribution in [1.82, 2.24) is 5.32 Å². The molecule has 0 spiro atoms. The van der Waals surface area contributed by atoms with Crippen LogP contribution in [0.1, 0.15) is 24.8 Å². The maximum Gasteiger partial charge on any atom is 0.115 e. The fraction of sp³-hybridized carbons (Fsp3) is 0.500. The predicted molar refractivity (Wildman–Crippen MR) is 57.5 cm³/mol. The van der Waals surface area contributed by atoms with Gasteiger partial charge in [-0.25, -0.2) is 0 Å². The monoisotopic (exact) mass is 191 g/mol. The van der Waals surface area contributed by atoms with Crippen LogP contribution in [0, 0.1) is 5.92 Å². The first-order valence-corrected chi connectivity index (χ1v) is 5.27. The summed E-state index contributed by atoms with van der Waals surface area (Å²) < 4.78 is 0. The molecule has 0 saturated carbocycles. The van der Waals surface area contributed by atoms with E-state index in [1.54, 1.807) is 12.1 Å². The van der Waals surface area contributed by atoms with Crippen molar-refractivity contribution in [2.24, 2.45) is 5.92 Å². The van der Waals surface area contributed by atoms with Gasteiger partial charge in [-0.3, -0.25) is 0 Å². The Morgan fingerprint density at radius 1 is 1.29 bits per heavy atom. The molecule has 0 unspecified atom stereocenters. The van der Waals surface area contributed by atoms with Gasteiger partial charge in [0.2, 0.25) is 0 Å². The zero-order chi connectivity index (χ0) is 9.97. The molecular weight excluding hydrogens is 174 g/mol. The summed E-state index contributed by atoms with van der Waals surface area (Å²) in [5.74, 6) is 1.69. The van der Waals surface area contributed by atoms with Crippen molar-refractivity contribution in [3.63, 3.8) is 0 Å². The van der Waals surface area contributed by atoms with Crippen LogP contribution in [0.4, 0.5) is 0 Å². The highest BCUT2D eigenvalue weighted by atomic mass is 16.3. The van der Waals surface area contributed by atoms with E-state index in [1.165, 1.54) is 12.0 Å². The molecule has 0 amide bonds. The Morgan fingerprint density at radius 3 is 2.64 bits per heavy atom. The highest BCUT2D eigenvalue weighted by Crippen LogP contribution is 2.30. The van der Waals surface area contributed by atoms with Crippen LogP contribution in [0.25, 0.3) is 0 Å². The molecule has 1 aliphatic heterocycles. The normalized spacial score (nSPS) is 27.5. The van der Waals surface area contributed by atoms with Crippen molar-refractivity contribution in [1.29, 1.82) is 0 Å². The number of piperidine rings is 1. The third kappa shape index (κ3) is 1.90. The smallest absolute Gasteiger partial charge is 0.115 e. The maximum atomic E-state index is 9.21. The molecule has 1 heterocycles. The van der Waals surface area contributed by atoms with Gasteiger partial charge >= 0.3 is 0 Å². The van der Waals surface area contributed by atoms with Crippen molar-refractivity contribution in [2.75, 3.05) is 13.1 Å². The molecule has 0 aliphatic carbocycles. The van der Waals surface area contributed by atoms with Crippen LogP contribution in [0.2, 0.25) is 0 Å². The fourth-order valence-electron chi connectivity index (χ4n) is 2.23. The molecule has 2 rings (SSSR count). The first-order chi connectivity index (χ1) is 6.77. The van der Waals surface area contributed by atoms with Crippen LogP contribution < -0.4 is 5.32 Å². The Morgan fingerprint density at radius 2 is 2.00 bits per heavy atom. The van der Waals surface area contributed by atoms with Gasteiger partial charge < -0.3 is 10.4 Å². The van der Waals surface area contributed by atoms with Gasteiger partial charge in [-0.15, -0.1) is 0 Å². The summed E-state index contributed by atoms with van der Waals surface area (Å²) in [6.45, 7) is 4.49. The highest BCUT2D eigenvalue weighted by Gasteiger charge is 2.22. The van der Waals surface area contributed by atoms with Crippen LogP contribution in [-0.2, 0) is 0 Å². The summed E-state index contributed by atoms with van der Waals surface area (Å²) >= 11 is 0. The zero-order valence-electron chi connectivity index (χ0n) is 8.53. The maximum absolute atomic E-state index is 9.21. The third-order valence-electron chi connectivity index (χ3n) is 3.11. The Bertz CT molecular complexity index is 294. The SMILES string of the molecule is C[C@H]1CNCC[C@@H]1c1ccc(O)cc1. The first kappa shape index (κ1) is 9.53. The summed E-state index contributed by atoms with van der Waals surface area (Å²) in [5, 5.41) is 12.6. The van der Waals surface area contributed by atoms with Crippen molar-refractivity contribution in [3.8, 4) is 5.75 Å². The highest BCUT2D eigenvalue weighted by molar-refractivity contribution is 5.29. The average Bonchev–Trinajstić information content (AvgIpc) is 2.20. The van der Waals surface area contributed by atoms with E-state index in [-0.39, 0.29) is 0 Å². The molecule has 2 N–H and O–H groups in total. The molecule has 14 heavy (non-hydrogen) atoms. The Balaban J connectivity index is 2.16. The van der Waals surface area contributed by atoms with E-state index in [0.717, 1.165) is 13.1 Å². The summed E-state index contributed by atoms with van der Waals surface area (Å²) in [6.07, 6.45) is 1.20. The lowest BCUT2D eigenvalue weighted by Gasteiger charge is -2.29. The van der Waals surface area contributed by atoms with Crippen LogP contribution in [0.5, 0.6) is 5.75 Å². The molecule has 1 aromatic rings. The number of hydrogen-bond acceptors (Lipinski definition) is 2. The number of benzene rings is 1. The van der Waals surface area contributed by atoms with E-state index >= 15 is 0 Å². The van der Waals surface area contributed by atoms with Gasteiger partial charge in [-0.2, -0.15) is 0 Å². The number of phenolic OH excluding ortho intramolecular Hbond substituents is 1. The van der Waals surface area contributed by atoms with Crippen LogP contribution in [0.3, 0.4) is 0 Å². The van der Waals surface area contributed by atoms with E-state index in [1.807, 2.05) is 12.1 Å². The van der Waals surface area contributed by atoms with Crippen LogP contribution in [0.15, 0.2) is 24.3 Å². The predicted octanol–water partition coefficient (Wildman–Crippen LogP) is 2.11. The topological polar surface area (TPSA) is 32.3 Å². The molecule has 2 atom stereocenters. The molecule has 0 bridgehead atoms. The Kier molecular flexibility index (Phi) is 2.73. The summed E-state index contributed by atoms with van der Waals surface area (Å²) in [7, 11) is 0. The average molecular weight is 191 g/mol. The van der Waals surface area contributed by atoms with E-state index in [4.69, 9.17) is 0 Å². The van der Waals surface area contributed by atoms with Crippen molar-refractivity contribution >= 4 is 0 Å². The van der Waals surface area contributed by atoms with Gasteiger partial charge in [0.15, 0.2) is 0 Å². The second-order valence-electron chi connectivity index (χ2n) is 4.17. The molecule has 1 saturated heterocycles. The van der Waals surface area contributed by atoms with Gasteiger partial charge in [0.05, 0.1) is 0 Å². The third-order valence-corrected chi connectivity index (χ3v) is 3.11. The second-order valence-corrected chi connectivity index (χ2v) is 4.17. The minimum atomic E-state index is 0.357. The minimum Gasteiger partial charge on any atom is -0.508 e. The Labute approximate surface area is 85.0 Å². The van der Waals surface area contributed by atoms with Crippen molar-refractivity contribution in [3.05, 3.63) is 29.8 Å². The van der Waals surface area contributed by atoms with Gasteiger partial charge in [-0.1, -0.05) is 19.1 Å². The molecule has 2 nitrogen and oxygen atoms in total. The lowest BCUT2D eigenvalue weighted by atomic mass is 9.82. The van der Waals surface area contributed by atoms with Gasteiger partial charge in [0, 0.05) is 0 Å². The molecule has 1 aromatic carbocycles. The van der Waals surface area contributed by atoms with Gasteiger partial charge in [0.25, 0.3) is 0 Å². The van der Waals surface area contributed by atoms with Gasteiger partial charge in [0.1, 0.15) is 5.75 Å². The van der Waals surface area contributed by atoms with E-state index in [9.17, 15) is 5.11 Å². The number of nitrogens with one attached hydrogen (secondary N) is 1. The lowest BCUT2D eigenvalue weighted by Crippen LogP contribution is -2.33. The van der Waals surface area contributed by atoms with E-state index in [0.29, 0.717) is 17.6 Å². The van der Waals surface area contributed by atoms with Crippen molar-refractivity contribution < 1.29 is 5.11 Å². The van der Waals surface area contributed by atoms with E-state index in [2.05, 4.69) is 12.2 Å². The van der Waals surface area contributed by atoms with Crippen LogP contribution in [-0.4, -0.2) is 18.2 Å². The Hall–Kier alpha value is -1.02. The summed E-state index contributed by atoms with van der Waals surface area (Å²) in [6, 6.07) is 7.65. The summed E-state index contributed by atoms with van der Waals surface area (Å²) in [4.78, 5) is 0. The summed E-state index contributed by atoms with van der Waals surface area (Å²) in [5.41, 5.74) is 1.36. The largest absolute Gasteiger partial charge is 0.508 e. The number of phenols is 1. The quantitative estimate of drug-likeness (QED) is 0.712. The molecule has 1 fully saturated rings. The van der Waals surface area contributed by atoms with Crippen molar-refractivity contribution in [2.45, 2.75) is 19.3 Å². The second kappa shape index (κ2) is 4.01. The molecule has 2 heteroatoms. The zero-order valence-corrected chi connectivity index (χ0v) is 8.53. The first-order valence-electron chi connectivity index (χ1n) is 5.27. The lowest BCUT2D eigenvalue weighted by molar-refractivity contribution is 0.349. The number of aromatic hydroxyl groups is 1. The standard InChI is InChI=1S/C12H17NO/c1-9-8-13-7-6-12(9)10-2-4-11(14)5-3-10/h2-5,9,12-14H,6-8H2,1H3/t9-,12-/m0/s1. The fourth-order valence-corrected chi connectivity index (χ4v) is 2.23. The molecule has 0 aromatic heterocycles. The minimum absolute atomic E-state index is 0.357. The molecule has 0 radical (unpaired) electrons. The molecular formula is C12H17NO. The van der Waals surface area contributed by atoms with Crippen LogP contribution >= 0.6 is 0 Å².